The topological polar surface area (TPSA) is 68.2 Å². The van der Waals surface area contributed by atoms with Gasteiger partial charge >= 0.3 is 0 Å². The number of phenolic OH excluding ortho intramolecular Hbond substituents is 2. The molecule has 22 heavy (non-hydrogen) atoms. The smallest absolute Gasteiger partial charge is 0.202 e. The van der Waals surface area contributed by atoms with E-state index in [0.717, 1.165) is 5.56 Å². The molecular weight excluding hydrogens is 284 g/mol. The fourth-order valence-electron chi connectivity index (χ4n) is 2.07. The van der Waals surface area contributed by atoms with Crippen LogP contribution in [0.4, 0.5) is 0 Å². The molecule has 0 aromatic heterocycles. The van der Waals surface area contributed by atoms with Crippen molar-refractivity contribution in [2.45, 2.75) is 0 Å². The Kier molecular flexibility index (Phi) is 4.78. The molecule has 0 heterocycles. The summed E-state index contributed by atoms with van der Waals surface area (Å²) in [6.45, 7) is 0. The molecule has 2 aromatic rings. The molecule has 0 aliphatic carbocycles. The van der Waals surface area contributed by atoms with Gasteiger partial charge < -0.3 is 24.4 Å². The van der Waals surface area contributed by atoms with Gasteiger partial charge in [-0.05, 0) is 35.4 Å². The third-order valence-corrected chi connectivity index (χ3v) is 3.15. The lowest BCUT2D eigenvalue weighted by molar-refractivity contribution is 0.344. The van der Waals surface area contributed by atoms with Crippen LogP contribution in [0.25, 0.3) is 12.2 Å². The van der Waals surface area contributed by atoms with Crippen molar-refractivity contribution >= 4 is 12.2 Å². The first-order valence-corrected chi connectivity index (χ1v) is 6.59. The molecule has 0 amide bonds. The maximum atomic E-state index is 9.76. The van der Waals surface area contributed by atoms with Crippen LogP contribution in [0.15, 0.2) is 30.3 Å². The van der Waals surface area contributed by atoms with Gasteiger partial charge in [0.25, 0.3) is 0 Å². The minimum Gasteiger partial charge on any atom is -0.504 e. The molecule has 2 rings (SSSR count). The summed E-state index contributed by atoms with van der Waals surface area (Å²) >= 11 is 0. The molecule has 0 aliphatic rings. The Bertz CT molecular complexity index is 668. The van der Waals surface area contributed by atoms with Gasteiger partial charge in [0.2, 0.25) is 5.75 Å². The highest BCUT2D eigenvalue weighted by Gasteiger charge is 2.08. The zero-order valence-corrected chi connectivity index (χ0v) is 12.7. The lowest BCUT2D eigenvalue weighted by Crippen LogP contribution is -1.90. The Morgan fingerprint density at radius 2 is 1.32 bits per heavy atom. The second-order valence-corrected chi connectivity index (χ2v) is 4.54. The van der Waals surface area contributed by atoms with Crippen molar-refractivity contribution < 1.29 is 24.4 Å². The number of hydrogen-bond donors (Lipinski definition) is 2. The average molecular weight is 302 g/mol. The van der Waals surface area contributed by atoms with E-state index in [0.29, 0.717) is 17.1 Å². The Balaban J connectivity index is 2.29. The minimum atomic E-state index is -0.116. The summed E-state index contributed by atoms with van der Waals surface area (Å²) in [5.41, 5.74) is 1.54. The molecular formula is C17H18O5. The first kappa shape index (κ1) is 15.6. The van der Waals surface area contributed by atoms with Gasteiger partial charge in [0.1, 0.15) is 0 Å². The third-order valence-electron chi connectivity index (χ3n) is 3.15. The fraction of sp³-hybridized carbons (Fsp3) is 0.176. The number of phenols is 2. The second-order valence-electron chi connectivity index (χ2n) is 4.54. The molecule has 2 aromatic carbocycles. The standard InChI is InChI=1S/C17H18O5/c1-20-15-7-6-11(10-16(15)21-2)4-5-12-8-13(18)17(22-3)14(19)9-12/h4-10,18-19H,1-3H3. The normalized spacial score (nSPS) is 10.7. The van der Waals surface area contributed by atoms with E-state index in [1.165, 1.54) is 19.2 Å². The van der Waals surface area contributed by atoms with Crippen LogP contribution in [-0.4, -0.2) is 31.5 Å². The summed E-state index contributed by atoms with van der Waals surface area (Å²) in [6, 6.07) is 8.53. The SMILES string of the molecule is COc1ccc(C=Cc2cc(O)c(OC)c(O)c2)cc1OC. The number of aromatic hydroxyl groups is 2. The summed E-state index contributed by atoms with van der Waals surface area (Å²) in [5.74, 6) is 1.11. The van der Waals surface area contributed by atoms with E-state index in [2.05, 4.69) is 0 Å². The maximum Gasteiger partial charge on any atom is 0.202 e. The van der Waals surface area contributed by atoms with Crippen LogP contribution in [0.3, 0.4) is 0 Å². The summed E-state index contributed by atoms with van der Waals surface area (Å²) in [7, 11) is 4.54. The molecule has 0 bridgehead atoms. The molecule has 0 saturated carbocycles. The van der Waals surface area contributed by atoms with Gasteiger partial charge in [-0.1, -0.05) is 18.2 Å². The van der Waals surface area contributed by atoms with Gasteiger partial charge in [-0.3, -0.25) is 0 Å². The van der Waals surface area contributed by atoms with E-state index < -0.39 is 0 Å². The Morgan fingerprint density at radius 1 is 0.727 bits per heavy atom. The van der Waals surface area contributed by atoms with E-state index in [1.807, 2.05) is 24.3 Å². The zero-order valence-electron chi connectivity index (χ0n) is 12.7. The average Bonchev–Trinajstić information content (AvgIpc) is 2.52. The zero-order chi connectivity index (χ0) is 16.1. The number of benzene rings is 2. The number of methoxy groups -OCH3 is 3. The molecule has 5 nitrogen and oxygen atoms in total. The van der Waals surface area contributed by atoms with Crippen LogP contribution in [0.2, 0.25) is 0 Å². The first-order valence-electron chi connectivity index (χ1n) is 6.59. The highest BCUT2D eigenvalue weighted by molar-refractivity contribution is 5.73. The molecule has 5 heteroatoms. The minimum absolute atomic E-state index is 0.0586. The van der Waals surface area contributed by atoms with E-state index in [-0.39, 0.29) is 17.2 Å². The van der Waals surface area contributed by atoms with Crippen LogP contribution in [0.1, 0.15) is 11.1 Å². The molecule has 0 atom stereocenters. The second kappa shape index (κ2) is 6.76. The van der Waals surface area contributed by atoms with Crippen molar-refractivity contribution in [2.75, 3.05) is 21.3 Å². The van der Waals surface area contributed by atoms with E-state index in [9.17, 15) is 10.2 Å². The van der Waals surface area contributed by atoms with E-state index in [1.54, 1.807) is 20.3 Å². The van der Waals surface area contributed by atoms with Crippen LogP contribution < -0.4 is 14.2 Å². The van der Waals surface area contributed by atoms with Crippen LogP contribution in [0, 0.1) is 0 Å². The quantitative estimate of drug-likeness (QED) is 0.829. The predicted octanol–water partition coefficient (Wildman–Crippen LogP) is 3.29. The van der Waals surface area contributed by atoms with Gasteiger partial charge in [-0.25, -0.2) is 0 Å². The fourth-order valence-corrected chi connectivity index (χ4v) is 2.07. The molecule has 0 aliphatic heterocycles. The Labute approximate surface area is 129 Å². The van der Waals surface area contributed by atoms with Crippen LogP contribution >= 0.6 is 0 Å². The highest BCUT2D eigenvalue weighted by atomic mass is 16.5. The van der Waals surface area contributed by atoms with Gasteiger partial charge in [0.05, 0.1) is 21.3 Å². The number of rotatable bonds is 5. The molecule has 0 unspecified atom stereocenters. The van der Waals surface area contributed by atoms with Crippen LogP contribution in [-0.2, 0) is 0 Å². The molecule has 2 N–H and O–H groups in total. The van der Waals surface area contributed by atoms with E-state index >= 15 is 0 Å². The summed E-state index contributed by atoms with van der Waals surface area (Å²) < 4.78 is 15.3. The molecule has 0 saturated heterocycles. The molecule has 0 spiro atoms. The molecule has 116 valence electrons. The predicted molar refractivity (Wildman–Crippen MR) is 84.8 cm³/mol. The van der Waals surface area contributed by atoms with Crippen LogP contribution in [0.5, 0.6) is 28.7 Å². The summed E-state index contributed by atoms with van der Waals surface area (Å²) in [5, 5.41) is 19.5. The number of ether oxygens (including phenoxy) is 3. The van der Waals surface area contributed by atoms with Crippen molar-refractivity contribution in [3.63, 3.8) is 0 Å². The van der Waals surface area contributed by atoms with Gasteiger partial charge in [0, 0.05) is 0 Å². The van der Waals surface area contributed by atoms with Gasteiger partial charge in [0.15, 0.2) is 23.0 Å². The van der Waals surface area contributed by atoms with Crippen molar-refractivity contribution in [3.8, 4) is 28.7 Å². The van der Waals surface area contributed by atoms with Gasteiger partial charge in [-0.15, -0.1) is 0 Å². The highest BCUT2D eigenvalue weighted by Crippen LogP contribution is 2.37. The Morgan fingerprint density at radius 3 is 1.86 bits per heavy atom. The van der Waals surface area contributed by atoms with Crippen molar-refractivity contribution in [1.82, 2.24) is 0 Å². The number of hydrogen-bond acceptors (Lipinski definition) is 5. The Hall–Kier alpha value is -2.82. The first-order chi connectivity index (χ1) is 10.6. The lowest BCUT2D eigenvalue weighted by Gasteiger charge is -2.08. The lowest BCUT2D eigenvalue weighted by atomic mass is 10.1. The van der Waals surface area contributed by atoms with Crippen molar-refractivity contribution in [3.05, 3.63) is 41.5 Å². The summed E-state index contributed by atoms with van der Waals surface area (Å²) in [4.78, 5) is 0. The van der Waals surface area contributed by atoms with Gasteiger partial charge in [-0.2, -0.15) is 0 Å². The van der Waals surface area contributed by atoms with E-state index in [4.69, 9.17) is 14.2 Å². The maximum absolute atomic E-state index is 9.76. The third kappa shape index (κ3) is 3.25. The largest absolute Gasteiger partial charge is 0.504 e. The van der Waals surface area contributed by atoms with Crippen molar-refractivity contribution in [1.29, 1.82) is 0 Å². The molecule has 0 fully saturated rings. The van der Waals surface area contributed by atoms with Crippen molar-refractivity contribution in [2.24, 2.45) is 0 Å². The monoisotopic (exact) mass is 302 g/mol. The summed E-state index contributed by atoms with van der Waals surface area (Å²) in [6.07, 6.45) is 3.60. The molecule has 0 radical (unpaired) electrons.